The molecule has 0 unspecified atom stereocenters. The van der Waals surface area contributed by atoms with Crippen LogP contribution >= 0.6 is 0 Å². The Hall–Kier alpha value is -1.88. The Labute approximate surface area is 124 Å². The Balaban J connectivity index is 1.67. The normalized spacial score (nSPS) is 21.8. The largest absolute Gasteiger partial charge is 0.373 e. The fourth-order valence-electron chi connectivity index (χ4n) is 2.85. The SMILES string of the molecule is Cc1nc2ccccn2c1CC(=O)NC[C@@]1(C)CCCO1. The van der Waals surface area contributed by atoms with Gasteiger partial charge in [-0.15, -0.1) is 0 Å². The molecule has 1 saturated heterocycles. The quantitative estimate of drug-likeness (QED) is 0.934. The van der Waals surface area contributed by atoms with Crippen LogP contribution in [0.15, 0.2) is 24.4 Å². The van der Waals surface area contributed by atoms with Crippen molar-refractivity contribution in [2.24, 2.45) is 0 Å². The molecule has 1 aliphatic heterocycles. The van der Waals surface area contributed by atoms with Crippen molar-refractivity contribution in [2.45, 2.75) is 38.7 Å². The Bertz CT molecular complexity index is 657. The summed E-state index contributed by atoms with van der Waals surface area (Å²) in [5.74, 6) is 0.0143. The second-order valence-corrected chi connectivity index (χ2v) is 5.93. The lowest BCUT2D eigenvalue weighted by atomic mass is 10.0. The summed E-state index contributed by atoms with van der Waals surface area (Å²) in [6, 6.07) is 5.84. The summed E-state index contributed by atoms with van der Waals surface area (Å²) in [6.45, 7) is 5.36. The predicted octanol–water partition coefficient (Wildman–Crippen LogP) is 1.87. The topological polar surface area (TPSA) is 55.6 Å². The van der Waals surface area contributed by atoms with Crippen molar-refractivity contribution >= 4 is 11.6 Å². The van der Waals surface area contributed by atoms with E-state index in [1.807, 2.05) is 35.7 Å². The highest BCUT2D eigenvalue weighted by Crippen LogP contribution is 2.23. The highest BCUT2D eigenvalue weighted by Gasteiger charge is 2.30. The highest BCUT2D eigenvalue weighted by molar-refractivity contribution is 5.78. The van der Waals surface area contributed by atoms with E-state index in [4.69, 9.17) is 4.74 Å². The van der Waals surface area contributed by atoms with Gasteiger partial charge in [-0.05, 0) is 38.8 Å². The van der Waals surface area contributed by atoms with Gasteiger partial charge in [0, 0.05) is 19.3 Å². The molecule has 0 aromatic carbocycles. The van der Waals surface area contributed by atoms with E-state index in [1.165, 1.54) is 0 Å². The summed E-state index contributed by atoms with van der Waals surface area (Å²) in [4.78, 5) is 16.7. The first-order valence-electron chi connectivity index (χ1n) is 7.41. The van der Waals surface area contributed by atoms with E-state index < -0.39 is 0 Å². The Morgan fingerprint density at radius 3 is 3.14 bits per heavy atom. The summed E-state index contributed by atoms with van der Waals surface area (Å²) in [5, 5.41) is 2.99. The van der Waals surface area contributed by atoms with Crippen LogP contribution in [0, 0.1) is 6.92 Å². The number of ether oxygens (including phenoxy) is 1. The molecule has 1 atom stereocenters. The van der Waals surface area contributed by atoms with E-state index in [9.17, 15) is 4.79 Å². The molecule has 2 aromatic rings. The van der Waals surface area contributed by atoms with Gasteiger partial charge in [0.2, 0.25) is 5.91 Å². The first-order chi connectivity index (χ1) is 10.1. The van der Waals surface area contributed by atoms with E-state index in [0.29, 0.717) is 13.0 Å². The molecule has 3 rings (SSSR count). The maximum atomic E-state index is 12.2. The van der Waals surface area contributed by atoms with Gasteiger partial charge in [-0.25, -0.2) is 4.98 Å². The van der Waals surface area contributed by atoms with Crippen LogP contribution in [0.5, 0.6) is 0 Å². The Morgan fingerprint density at radius 2 is 2.38 bits per heavy atom. The van der Waals surface area contributed by atoms with Crippen LogP contribution in [0.1, 0.15) is 31.2 Å². The molecule has 3 heterocycles. The number of carbonyl (C=O) groups excluding carboxylic acids is 1. The molecule has 1 aliphatic rings. The molecular weight excluding hydrogens is 266 g/mol. The molecule has 0 aliphatic carbocycles. The van der Waals surface area contributed by atoms with Crippen molar-refractivity contribution in [2.75, 3.05) is 13.2 Å². The number of pyridine rings is 1. The molecule has 5 heteroatoms. The third-order valence-electron chi connectivity index (χ3n) is 4.12. The van der Waals surface area contributed by atoms with Gasteiger partial charge in [-0.2, -0.15) is 0 Å². The van der Waals surface area contributed by atoms with Crippen LogP contribution in [-0.4, -0.2) is 34.0 Å². The average molecular weight is 287 g/mol. The molecule has 112 valence electrons. The minimum atomic E-state index is -0.204. The number of aromatic nitrogens is 2. The molecule has 0 bridgehead atoms. The lowest BCUT2D eigenvalue weighted by Crippen LogP contribution is -2.40. The molecule has 0 radical (unpaired) electrons. The Kier molecular flexibility index (Phi) is 3.68. The first kappa shape index (κ1) is 14.1. The zero-order valence-corrected chi connectivity index (χ0v) is 12.6. The minimum absolute atomic E-state index is 0.0143. The van der Waals surface area contributed by atoms with Crippen molar-refractivity contribution in [1.29, 1.82) is 0 Å². The molecule has 0 saturated carbocycles. The van der Waals surface area contributed by atoms with E-state index in [2.05, 4.69) is 17.2 Å². The lowest BCUT2D eigenvalue weighted by Gasteiger charge is -2.23. The van der Waals surface area contributed by atoms with E-state index >= 15 is 0 Å². The summed E-state index contributed by atoms with van der Waals surface area (Å²) in [7, 11) is 0. The molecule has 21 heavy (non-hydrogen) atoms. The third kappa shape index (κ3) is 2.93. The summed E-state index contributed by atoms with van der Waals surface area (Å²) >= 11 is 0. The van der Waals surface area contributed by atoms with Crippen molar-refractivity contribution in [3.05, 3.63) is 35.8 Å². The average Bonchev–Trinajstić information content (AvgIpc) is 3.03. The van der Waals surface area contributed by atoms with Gasteiger partial charge in [0.15, 0.2) is 0 Å². The van der Waals surface area contributed by atoms with Crippen LogP contribution in [0.3, 0.4) is 0 Å². The molecule has 1 N–H and O–H groups in total. The highest BCUT2D eigenvalue weighted by atomic mass is 16.5. The fourth-order valence-corrected chi connectivity index (χ4v) is 2.85. The zero-order chi connectivity index (χ0) is 14.9. The maximum Gasteiger partial charge on any atom is 0.226 e. The van der Waals surface area contributed by atoms with Gasteiger partial charge in [-0.1, -0.05) is 6.07 Å². The number of hydrogen-bond acceptors (Lipinski definition) is 3. The third-order valence-corrected chi connectivity index (χ3v) is 4.12. The van der Waals surface area contributed by atoms with Gasteiger partial charge >= 0.3 is 0 Å². The lowest BCUT2D eigenvalue weighted by molar-refractivity contribution is -0.121. The standard InChI is InChI=1S/C16H21N3O2/c1-12-13(19-8-4-3-6-14(19)18-12)10-15(20)17-11-16(2)7-5-9-21-16/h3-4,6,8H,5,7,9-11H2,1-2H3,(H,17,20)/t16-/m1/s1. The number of amides is 1. The van der Waals surface area contributed by atoms with E-state index in [-0.39, 0.29) is 11.5 Å². The monoisotopic (exact) mass is 287 g/mol. The number of nitrogens with zero attached hydrogens (tertiary/aromatic N) is 2. The van der Waals surface area contributed by atoms with Crippen LogP contribution in [0.4, 0.5) is 0 Å². The number of fused-ring (bicyclic) bond motifs is 1. The van der Waals surface area contributed by atoms with Gasteiger partial charge in [0.1, 0.15) is 5.65 Å². The summed E-state index contributed by atoms with van der Waals surface area (Å²) in [5.41, 5.74) is 2.52. The first-order valence-corrected chi connectivity index (χ1v) is 7.41. The number of nitrogens with one attached hydrogen (secondary N) is 1. The fraction of sp³-hybridized carbons (Fsp3) is 0.500. The van der Waals surface area contributed by atoms with Crippen LogP contribution < -0.4 is 5.32 Å². The molecule has 5 nitrogen and oxygen atoms in total. The van der Waals surface area contributed by atoms with Gasteiger partial charge in [-0.3, -0.25) is 4.79 Å². The smallest absolute Gasteiger partial charge is 0.226 e. The van der Waals surface area contributed by atoms with Crippen molar-refractivity contribution in [3.63, 3.8) is 0 Å². The molecule has 2 aromatic heterocycles. The number of aryl methyl sites for hydroxylation is 1. The van der Waals surface area contributed by atoms with Gasteiger partial charge in [0.05, 0.1) is 23.4 Å². The molecular formula is C16H21N3O2. The van der Waals surface area contributed by atoms with E-state index in [1.54, 1.807) is 0 Å². The van der Waals surface area contributed by atoms with Crippen molar-refractivity contribution < 1.29 is 9.53 Å². The van der Waals surface area contributed by atoms with Crippen LogP contribution in [0.25, 0.3) is 5.65 Å². The van der Waals surface area contributed by atoms with Crippen LogP contribution in [0.2, 0.25) is 0 Å². The number of hydrogen-bond donors (Lipinski definition) is 1. The number of carbonyl (C=O) groups is 1. The predicted molar refractivity (Wildman–Crippen MR) is 80.2 cm³/mol. The molecule has 1 fully saturated rings. The molecule has 1 amide bonds. The summed E-state index contributed by atoms with van der Waals surface area (Å²) < 4.78 is 7.66. The van der Waals surface area contributed by atoms with E-state index in [0.717, 1.165) is 36.5 Å². The van der Waals surface area contributed by atoms with Gasteiger partial charge < -0.3 is 14.5 Å². The number of imidazole rings is 1. The Morgan fingerprint density at radius 1 is 1.52 bits per heavy atom. The van der Waals surface area contributed by atoms with Crippen LogP contribution in [-0.2, 0) is 16.0 Å². The van der Waals surface area contributed by atoms with Gasteiger partial charge in [0.25, 0.3) is 0 Å². The number of rotatable bonds is 4. The summed E-state index contributed by atoms with van der Waals surface area (Å²) in [6.07, 6.45) is 4.35. The second kappa shape index (κ2) is 5.48. The zero-order valence-electron chi connectivity index (χ0n) is 12.6. The van der Waals surface area contributed by atoms with Crippen molar-refractivity contribution in [3.8, 4) is 0 Å². The maximum absolute atomic E-state index is 12.2. The minimum Gasteiger partial charge on any atom is -0.373 e. The molecule has 0 spiro atoms. The van der Waals surface area contributed by atoms with Crippen molar-refractivity contribution in [1.82, 2.24) is 14.7 Å². The second-order valence-electron chi connectivity index (χ2n) is 5.93.